The Morgan fingerprint density at radius 3 is 2.20 bits per heavy atom. The molecule has 0 radical (unpaired) electrons. The minimum Gasteiger partial charge on any atom is -0.390 e. The van der Waals surface area contributed by atoms with E-state index < -0.39 is 24.0 Å². The predicted octanol–water partition coefficient (Wildman–Crippen LogP) is 3.35. The molecule has 3 atom stereocenters. The number of hydrogen-bond acceptors (Lipinski definition) is 8. The third kappa shape index (κ3) is 11.0. The highest BCUT2D eigenvalue weighted by Crippen LogP contribution is 2.23. The number of aryl methyl sites for hydroxylation is 1. The van der Waals surface area contributed by atoms with E-state index in [-0.39, 0.29) is 30.0 Å². The fraction of sp³-hybridized carbons (Fsp3) is 0.560. The number of nitrogens with zero attached hydrogens (tertiary/aromatic N) is 2. The third-order valence-corrected chi connectivity index (χ3v) is 6.90. The molecule has 8 nitrogen and oxygen atoms in total. The Hall–Kier alpha value is -2.14. The van der Waals surface area contributed by atoms with E-state index in [0.29, 0.717) is 11.7 Å². The van der Waals surface area contributed by atoms with Crippen LogP contribution < -0.4 is 14.9 Å². The molecule has 1 aromatic heterocycles. The van der Waals surface area contributed by atoms with Crippen molar-refractivity contribution >= 4 is 40.2 Å². The first kappa shape index (κ1) is 30.9. The molecule has 3 unspecified atom stereocenters. The quantitative estimate of drug-likeness (QED) is 0.333. The third-order valence-electron chi connectivity index (χ3n) is 5.15. The normalized spacial score (nSPS) is 13.5. The topological polar surface area (TPSA) is 115 Å². The zero-order valence-corrected chi connectivity index (χ0v) is 23.3. The zero-order chi connectivity index (χ0) is 26.5. The Bertz CT molecular complexity index is 893. The number of aliphatic hydroxyl groups is 2. The second kappa shape index (κ2) is 15.8. The average molecular weight is 525 g/mol. The van der Waals surface area contributed by atoms with E-state index in [1.165, 1.54) is 28.8 Å². The number of amides is 2. The summed E-state index contributed by atoms with van der Waals surface area (Å²) in [4.78, 5) is 28.9. The van der Waals surface area contributed by atoms with Crippen molar-refractivity contribution in [3.63, 3.8) is 0 Å². The van der Waals surface area contributed by atoms with Crippen molar-refractivity contribution in [3.05, 3.63) is 47.0 Å². The summed E-state index contributed by atoms with van der Waals surface area (Å²) in [5, 5.41) is 28.5. The minimum atomic E-state index is -1.29. The molecule has 0 saturated heterocycles. The molecule has 196 valence electrons. The highest BCUT2D eigenvalue weighted by molar-refractivity contribution is 8.00. The summed E-state index contributed by atoms with van der Waals surface area (Å²) >= 11 is 2.82. The van der Waals surface area contributed by atoms with Gasteiger partial charge in [-0.1, -0.05) is 75.5 Å². The van der Waals surface area contributed by atoms with Crippen LogP contribution in [0.4, 0.5) is 5.13 Å². The maximum absolute atomic E-state index is 12.4. The van der Waals surface area contributed by atoms with Crippen LogP contribution in [0.2, 0.25) is 0 Å². The molecule has 35 heavy (non-hydrogen) atoms. The van der Waals surface area contributed by atoms with E-state index >= 15 is 0 Å². The van der Waals surface area contributed by atoms with Gasteiger partial charge in [-0.05, 0) is 18.8 Å². The van der Waals surface area contributed by atoms with Crippen molar-refractivity contribution in [3.8, 4) is 0 Å². The number of benzene rings is 1. The van der Waals surface area contributed by atoms with Gasteiger partial charge in [0.1, 0.15) is 5.69 Å². The molecule has 2 amide bonds. The summed E-state index contributed by atoms with van der Waals surface area (Å²) < 4.78 is 1.84. The monoisotopic (exact) mass is 524 g/mol. The number of aliphatic hydroxyl groups excluding tert-OH is 2. The number of carbonyl (C=O) groups excluding carboxylic acids is 2. The summed E-state index contributed by atoms with van der Waals surface area (Å²) in [6.45, 7) is 9.99. The van der Waals surface area contributed by atoms with Crippen molar-refractivity contribution in [2.75, 3.05) is 30.7 Å². The Labute approximate surface area is 217 Å². The summed E-state index contributed by atoms with van der Waals surface area (Å²) in [5.74, 6) is -1.40. The molecular formula is C25H40N4O4S2. The Kier molecular flexibility index (Phi) is 13.9. The van der Waals surface area contributed by atoms with E-state index in [2.05, 4.69) is 34.7 Å². The largest absolute Gasteiger partial charge is 0.390 e. The van der Waals surface area contributed by atoms with E-state index in [0.717, 1.165) is 0 Å². The lowest BCUT2D eigenvalue weighted by atomic mass is 9.86. The van der Waals surface area contributed by atoms with Crippen molar-refractivity contribution in [1.29, 1.82) is 0 Å². The van der Waals surface area contributed by atoms with Gasteiger partial charge in [0.05, 0.1) is 18.1 Å². The fourth-order valence-corrected chi connectivity index (χ4v) is 4.27. The van der Waals surface area contributed by atoms with Gasteiger partial charge >= 0.3 is 0 Å². The predicted molar refractivity (Wildman–Crippen MR) is 146 cm³/mol. The molecule has 0 spiro atoms. The van der Waals surface area contributed by atoms with Crippen LogP contribution in [0.15, 0.2) is 35.7 Å². The van der Waals surface area contributed by atoms with Crippen molar-refractivity contribution in [1.82, 2.24) is 15.6 Å². The van der Waals surface area contributed by atoms with Crippen LogP contribution in [0, 0.1) is 24.7 Å². The smallest absolute Gasteiger partial charge is 0.270 e. The Morgan fingerprint density at radius 1 is 1.09 bits per heavy atom. The first-order chi connectivity index (χ1) is 16.5. The maximum atomic E-state index is 12.4. The number of carbonyl (C=O) groups is 2. The van der Waals surface area contributed by atoms with Gasteiger partial charge in [-0.2, -0.15) is 0 Å². The molecule has 2 rings (SSSR count). The van der Waals surface area contributed by atoms with E-state index in [9.17, 15) is 19.8 Å². The molecule has 10 heteroatoms. The molecule has 2 aromatic rings. The molecule has 1 heterocycles. The Balaban J connectivity index is 0.000000744. The standard InChI is InChI=1S/C18H32N4O4S2.C7H8/c1-10(2)7-19-17(26)14(11(3)4)15(24)13(23)8-20-16(25)12-9-28-18(21-12)22(5)27-6;1-7-5-3-2-4-6-7/h9-11,13-15,23-24H,7-8H2,1-6H3,(H,19,26)(H,20,25);2-6H,1H3. The van der Waals surface area contributed by atoms with Gasteiger partial charge in [0.15, 0.2) is 5.13 Å². The maximum Gasteiger partial charge on any atom is 0.270 e. The number of rotatable bonds is 11. The van der Waals surface area contributed by atoms with Crippen molar-refractivity contribution in [2.24, 2.45) is 17.8 Å². The van der Waals surface area contributed by atoms with Crippen LogP contribution in [0.25, 0.3) is 0 Å². The Morgan fingerprint density at radius 2 is 1.71 bits per heavy atom. The first-order valence-electron chi connectivity index (χ1n) is 11.6. The number of nitrogens with one attached hydrogen (secondary N) is 2. The first-order valence-corrected chi connectivity index (χ1v) is 13.7. The van der Waals surface area contributed by atoms with Gasteiger partial charge in [-0.3, -0.25) is 13.9 Å². The van der Waals surface area contributed by atoms with Gasteiger partial charge < -0.3 is 20.8 Å². The lowest BCUT2D eigenvalue weighted by Gasteiger charge is -2.29. The summed E-state index contributed by atoms with van der Waals surface area (Å²) in [7, 11) is 1.85. The van der Waals surface area contributed by atoms with Gasteiger partial charge in [0.25, 0.3) is 5.91 Å². The molecule has 1 aromatic carbocycles. The molecule has 0 aliphatic rings. The number of thiazole rings is 1. The average Bonchev–Trinajstić information content (AvgIpc) is 3.31. The highest BCUT2D eigenvalue weighted by atomic mass is 32.2. The summed E-state index contributed by atoms with van der Waals surface area (Å²) in [6.07, 6.45) is -0.657. The summed E-state index contributed by atoms with van der Waals surface area (Å²) in [5.41, 5.74) is 1.57. The highest BCUT2D eigenvalue weighted by Gasteiger charge is 2.34. The SMILES string of the molecule is CSN(C)c1nc(C(=O)NCC(O)C(O)C(C(=O)NCC(C)C)C(C)C)cs1.Cc1ccccc1. The van der Waals surface area contributed by atoms with Gasteiger partial charge in [0.2, 0.25) is 5.91 Å². The van der Waals surface area contributed by atoms with Gasteiger partial charge in [-0.15, -0.1) is 11.3 Å². The molecule has 0 fully saturated rings. The van der Waals surface area contributed by atoms with Crippen LogP contribution in [0.5, 0.6) is 0 Å². The van der Waals surface area contributed by atoms with Crippen molar-refractivity contribution < 1.29 is 19.8 Å². The summed E-state index contributed by atoms with van der Waals surface area (Å²) in [6, 6.07) is 10.3. The van der Waals surface area contributed by atoms with Gasteiger partial charge in [0, 0.05) is 31.8 Å². The number of hydrogen-bond donors (Lipinski definition) is 4. The second-order valence-corrected chi connectivity index (χ2v) is 10.8. The van der Waals surface area contributed by atoms with E-state index in [1.807, 2.05) is 63.5 Å². The van der Waals surface area contributed by atoms with Crippen LogP contribution in [0.1, 0.15) is 43.7 Å². The van der Waals surface area contributed by atoms with E-state index in [4.69, 9.17) is 0 Å². The van der Waals surface area contributed by atoms with Crippen LogP contribution in [0.3, 0.4) is 0 Å². The van der Waals surface area contributed by atoms with Crippen molar-refractivity contribution in [2.45, 2.75) is 46.8 Å². The lowest BCUT2D eigenvalue weighted by Crippen LogP contribution is -2.49. The van der Waals surface area contributed by atoms with Gasteiger partial charge in [-0.25, -0.2) is 4.98 Å². The van der Waals surface area contributed by atoms with Crippen LogP contribution in [-0.4, -0.2) is 65.6 Å². The molecule has 4 N–H and O–H groups in total. The number of anilines is 1. The van der Waals surface area contributed by atoms with Crippen LogP contribution >= 0.6 is 23.3 Å². The van der Waals surface area contributed by atoms with Crippen LogP contribution in [-0.2, 0) is 4.79 Å². The molecule has 0 saturated carbocycles. The molecule has 0 bridgehead atoms. The minimum absolute atomic E-state index is 0.171. The number of aromatic nitrogens is 1. The zero-order valence-electron chi connectivity index (χ0n) is 21.7. The molecule has 0 aliphatic carbocycles. The van der Waals surface area contributed by atoms with E-state index in [1.54, 1.807) is 5.38 Å². The fourth-order valence-electron chi connectivity index (χ4n) is 3.05. The lowest BCUT2D eigenvalue weighted by molar-refractivity contribution is -0.134. The molecule has 0 aliphatic heterocycles. The second-order valence-electron chi connectivity index (χ2n) is 9.03. The molecular weight excluding hydrogens is 484 g/mol.